The molecule has 2 aliphatic rings. The molecule has 0 radical (unpaired) electrons. The molecule has 0 aliphatic carbocycles. The number of nitrogens with zero attached hydrogens (tertiary/aromatic N) is 5. The average Bonchev–Trinajstić information content (AvgIpc) is 2.96. The molecular formula is C27H32ClN7O3. The maximum absolute atomic E-state index is 13.2. The van der Waals surface area contributed by atoms with Crippen LogP contribution in [0.5, 0.6) is 5.75 Å². The van der Waals surface area contributed by atoms with Gasteiger partial charge in [-0.1, -0.05) is 23.7 Å². The summed E-state index contributed by atoms with van der Waals surface area (Å²) >= 11 is 6.32. The Morgan fingerprint density at radius 1 is 1.18 bits per heavy atom. The molecule has 0 saturated carbocycles. The van der Waals surface area contributed by atoms with E-state index in [1.165, 1.54) is 5.56 Å². The molecule has 10 nitrogen and oxygen atoms in total. The number of carbonyl (C=O) groups is 1. The number of fused-ring (bicyclic) bond motifs is 1. The topological polar surface area (TPSA) is 105 Å². The minimum atomic E-state index is -0.217. The van der Waals surface area contributed by atoms with Crippen molar-refractivity contribution in [3.05, 3.63) is 70.1 Å². The fraction of sp³-hybridized carbons (Fsp3) is 0.407. The molecule has 2 aliphatic heterocycles. The Morgan fingerprint density at radius 2 is 2.05 bits per heavy atom. The van der Waals surface area contributed by atoms with Crippen molar-refractivity contribution in [1.29, 1.82) is 0 Å². The van der Waals surface area contributed by atoms with Gasteiger partial charge in [-0.15, -0.1) is 0 Å². The van der Waals surface area contributed by atoms with E-state index in [9.17, 15) is 4.79 Å². The second-order valence-corrected chi connectivity index (χ2v) is 9.65. The molecule has 5 rings (SSSR count). The number of aromatic nitrogens is 3. The lowest BCUT2D eigenvalue weighted by Gasteiger charge is -2.28. The smallest absolute Gasteiger partial charge is 0.256 e. The van der Waals surface area contributed by atoms with Gasteiger partial charge in [-0.3, -0.25) is 14.7 Å². The summed E-state index contributed by atoms with van der Waals surface area (Å²) < 4.78 is 10.7. The highest BCUT2D eigenvalue weighted by Gasteiger charge is 2.22. The van der Waals surface area contributed by atoms with Crippen LogP contribution in [0.25, 0.3) is 0 Å². The lowest BCUT2D eigenvalue weighted by Crippen LogP contribution is -2.41. The minimum absolute atomic E-state index is 0.217. The number of amides is 1. The van der Waals surface area contributed by atoms with E-state index in [1.54, 1.807) is 19.5 Å². The molecule has 3 aromatic rings. The number of pyridine rings is 1. The summed E-state index contributed by atoms with van der Waals surface area (Å²) in [6.07, 6.45) is 4.27. The van der Waals surface area contributed by atoms with Crippen LogP contribution in [0.15, 0.2) is 42.7 Å². The Morgan fingerprint density at radius 3 is 2.87 bits per heavy atom. The number of ether oxygens (including phenoxy) is 2. The van der Waals surface area contributed by atoms with Gasteiger partial charge in [-0.05, 0) is 35.7 Å². The van der Waals surface area contributed by atoms with Crippen molar-refractivity contribution in [1.82, 2.24) is 25.2 Å². The molecule has 0 atom stereocenters. The number of hydrogen-bond donors (Lipinski definition) is 2. The van der Waals surface area contributed by atoms with Gasteiger partial charge in [0.05, 0.1) is 37.6 Å². The van der Waals surface area contributed by atoms with Gasteiger partial charge in [0.2, 0.25) is 5.95 Å². The highest BCUT2D eigenvalue weighted by Crippen LogP contribution is 2.26. The standard InChI is InChI=1S/C27H32ClN7O3/c1-37-24-5-4-19(15-22(24)28)16-31-25-21(26(36)30-8-10-34-11-13-38-14-12-34)17-32-27(33-25)35-9-6-20-3-2-7-29-23(20)18-35/h2-5,7,15,17H,6,8-14,16,18H2,1H3,(H,30,36)(H,31,32,33). The van der Waals surface area contributed by atoms with Crippen molar-refractivity contribution in [3.63, 3.8) is 0 Å². The third kappa shape index (κ3) is 6.32. The number of carbonyl (C=O) groups excluding carboxylic acids is 1. The SMILES string of the molecule is COc1ccc(CNc2nc(N3CCc4cccnc4C3)ncc2C(=O)NCCN2CCOCC2)cc1Cl. The monoisotopic (exact) mass is 537 g/mol. The maximum Gasteiger partial charge on any atom is 0.256 e. The highest BCUT2D eigenvalue weighted by atomic mass is 35.5. The molecule has 1 fully saturated rings. The fourth-order valence-corrected chi connectivity index (χ4v) is 4.89. The van der Waals surface area contributed by atoms with Crippen molar-refractivity contribution in [2.45, 2.75) is 19.5 Å². The van der Waals surface area contributed by atoms with E-state index in [0.717, 1.165) is 57.1 Å². The third-order valence-corrected chi connectivity index (χ3v) is 7.07. The van der Waals surface area contributed by atoms with Crippen LogP contribution in [0.4, 0.5) is 11.8 Å². The van der Waals surface area contributed by atoms with Crippen molar-refractivity contribution in [2.24, 2.45) is 0 Å². The molecule has 0 unspecified atom stereocenters. The van der Waals surface area contributed by atoms with E-state index in [4.69, 9.17) is 26.1 Å². The number of benzene rings is 1. The van der Waals surface area contributed by atoms with Crippen molar-refractivity contribution >= 4 is 29.3 Å². The van der Waals surface area contributed by atoms with Gasteiger partial charge in [0.25, 0.3) is 5.91 Å². The van der Waals surface area contributed by atoms with E-state index in [2.05, 4.69) is 36.5 Å². The first-order valence-electron chi connectivity index (χ1n) is 12.8. The second-order valence-electron chi connectivity index (χ2n) is 9.25. The minimum Gasteiger partial charge on any atom is -0.495 e. The third-order valence-electron chi connectivity index (χ3n) is 6.77. The molecule has 1 saturated heterocycles. The second kappa shape index (κ2) is 12.4. The lowest BCUT2D eigenvalue weighted by molar-refractivity contribution is 0.0383. The van der Waals surface area contributed by atoms with Gasteiger partial charge >= 0.3 is 0 Å². The Bertz CT molecular complexity index is 1270. The van der Waals surface area contributed by atoms with Gasteiger partial charge in [0.1, 0.15) is 17.1 Å². The Labute approximate surface area is 227 Å². The molecular weight excluding hydrogens is 506 g/mol. The number of morpholine rings is 1. The van der Waals surface area contributed by atoms with E-state index < -0.39 is 0 Å². The maximum atomic E-state index is 13.2. The van der Waals surface area contributed by atoms with Crippen LogP contribution >= 0.6 is 11.6 Å². The number of methoxy groups -OCH3 is 1. The van der Waals surface area contributed by atoms with Crippen LogP contribution in [0.2, 0.25) is 5.02 Å². The van der Waals surface area contributed by atoms with E-state index in [-0.39, 0.29) is 5.91 Å². The fourth-order valence-electron chi connectivity index (χ4n) is 4.61. The first kappa shape index (κ1) is 26.1. The molecule has 200 valence electrons. The Balaban J connectivity index is 1.32. The molecule has 2 N–H and O–H groups in total. The highest BCUT2D eigenvalue weighted by molar-refractivity contribution is 6.32. The summed E-state index contributed by atoms with van der Waals surface area (Å²) in [6.45, 7) is 6.32. The quantitative estimate of drug-likeness (QED) is 0.426. The predicted octanol–water partition coefficient (Wildman–Crippen LogP) is 2.77. The summed E-state index contributed by atoms with van der Waals surface area (Å²) in [4.78, 5) is 31.4. The number of halogens is 1. The normalized spacial score (nSPS) is 15.6. The first-order valence-corrected chi connectivity index (χ1v) is 13.2. The zero-order valence-electron chi connectivity index (χ0n) is 21.5. The summed E-state index contributed by atoms with van der Waals surface area (Å²) in [6, 6.07) is 9.66. The van der Waals surface area contributed by atoms with Crippen molar-refractivity contribution < 1.29 is 14.3 Å². The summed E-state index contributed by atoms with van der Waals surface area (Å²) in [5, 5.41) is 6.88. The van der Waals surface area contributed by atoms with E-state index >= 15 is 0 Å². The molecule has 4 heterocycles. The molecule has 2 aromatic heterocycles. The molecule has 0 bridgehead atoms. The molecule has 11 heteroatoms. The number of nitrogens with one attached hydrogen (secondary N) is 2. The first-order chi connectivity index (χ1) is 18.6. The van der Waals surface area contributed by atoms with Gasteiger partial charge in [-0.25, -0.2) is 4.98 Å². The molecule has 1 amide bonds. The van der Waals surface area contributed by atoms with Gasteiger partial charge in [0, 0.05) is 51.7 Å². The van der Waals surface area contributed by atoms with E-state index in [0.29, 0.717) is 47.7 Å². The molecule has 0 spiro atoms. The summed E-state index contributed by atoms with van der Waals surface area (Å²) in [7, 11) is 1.58. The van der Waals surface area contributed by atoms with Crippen LogP contribution in [0.1, 0.15) is 27.2 Å². The van der Waals surface area contributed by atoms with Crippen molar-refractivity contribution in [3.8, 4) is 5.75 Å². The van der Waals surface area contributed by atoms with E-state index in [1.807, 2.05) is 24.3 Å². The molecule has 38 heavy (non-hydrogen) atoms. The number of rotatable bonds is 9. The number of anilines is 2. The van der Waals surface area contributed by atoms with Gasteiger partial charge < -0.3 is 25.0 Å². The number of hydrogen-bond acceptors (Lipinski definition) is 9. The zero-order chi connectivity index (χ0) is 26.3. The lowest BCUT2D eigenvalue weighted by atomic mass is 10.1. The predicted molar refractivity (Wildman–Crippen MR) is 146 cm³/mol. The van der Waals surface area contributed by atoms with Crippen LogP contribution in [-0.4, -0.2) is 78.8 Å². The van der Waals surface area contributed by atoms with Crippen LogP contribution in [0.3, 0.4) is 0 Å². The van der Waals surface area contributed by atoms with Gasteiger partial charge in [-0.2, -0.15) is 4.98 Å². The zero-order valence-corrected chi connectivity index (χ0v) is 22.2. The molecule has 1 aromatic carbocycles. The van der Waals surface area contributed by atoms with Crippen LogP contribution in [-0.2, 0) is 24.2 Å². The largest absolute Gasteiger partial charge is 0.495 e. The average molecular weight is 538 g/mol. The Hall–Kier alpha value is -3.47. The summed E-state index contributed by atoms with van der Waals surface area (Å²) in [5.74, 6) is 1.42. The van der Waals surface area contributed by atoms with Gasteiger partial charge in [0.15, 0.2) is 0 Å². The van der Waals surface area contributed by atoms with Crippen molar-refractivity contribution in [2.75, 3.05) is 63.3 Å². The van der Waals surface area contributed by atoms with Crippen LogP contribution < -0.4 is 20.3 Å². The Kier molecular flexibility index (Phi) is 8.52. The summed E-state index contributed by atoms with van der Waals surface area (Å²) in [5.41, 5.74) is 3.60. The van der Waals surface area contributed by atoms with Crippen LogP contribution in [0, 0.1) is 0 Å².